The van der Waals surface area contributed by atoms with Crippen molar-refractivity contribution in [2.45, 2.75) is 37.6 Å². The van der Waals surface area contributed by atoms with E-state index >= 15 is 0 Å². The lowest BCUT2D eigenvalue weighted by Crippen LogP contribution is -2.45. The predicted octanol–water partition coefficient (Wildman–Crippen LogP) is 1.76. The minimum Gasteiger partial charge on any atom is -0.351 e. The molecule has 21 heavy (non-hydrogen) atoms. The van der Waals surface area contributed by atoms with Gasteiger partial charge in [-0.3, -0.25) is 4.79 Å². The molecular formula is C16H21N3O2. The number of hydrogen-bond acceptors (Lipinski definition) is 2. The first-order valence-electron chi connectivity index (χ1n) is 7.65. The van der Waals surface area contributed by atoms with Crippen LogP contribution in [-0.4, -0.2) is 31.1 Å². The van der Waals surface area contributed by atoms with Crippen LogP contribution in [0, 0.1) is 0 Å². The van der Waals surface area contributed by atoms with Crippen molar-refractivity contribution in [3.8, 4) is 0 Å². The molecule has 5 heteroatoms. The fourth-order valence-corrected chi connectivity index (χ4v) is 3.19. The third-order valence-electron chi connectivity index (χ3n) is 4.35. The van der Waals surface area contributed by atoms with E-state index in [0.29, 0.717) is 24.7 Å². The summed E-state index contributed by atoms with van der Waals surface area (Å²) in [5.41, 5.74) is 1.73. The zero-order valence-electron chi connectivity index (χ0n) is 12.0. The normalized spacial score (nSPS) is 21.5. The first kappa shape index (κ1) is 13.9. The van der Waals surface area contributed by atoms with Gasteiger partial charge < -0.3 is 16.0 Å². The molecule has 1 unspecified atom stereocenters. The van der Waals surface area contributed by atoms with E-state index < -0.39 is 0 Å². The van der Waals surface area contributed by atoms with Gasteiger partial charge in [0.1, 0.15) is 0 Å². The molecule has 5 nitrogen and oxygen atoms in total. The molecule has 112 valence electrons. The van der Waals surface area contributed by atoms with Gasteiger partial charge in [0, 0.05) is 30.6 Å². The third kappa shape index (κ3) is 3.17. The maximum atomic E-state index is 11.9. The van der Waals surface area contributed by atoms with E-state index in [2.05, 4.69) is 16.0 Å². The fourth-order valence-electron chi connectivity index (χ4n) is 3.19. The molecule has 0 bridgehead atoms. The lowest BCUT2D eigenvalue weighted by Gasteiger charge is -2.26. The molecular weight excluding hydrogens is 266 g/mol. The van der Waals surface area contributed by atoms with Crippen LogP contribution in [0.15, 0.2) is 24.3 Å². The standard InChI is InChI=1S/C16H21N3O2/c20-15-14-8-4-3-7-13(14)11(9-17-15)10-18-16(21)19-12-5-1-2-6-12/h3-4,7-8,11-12H,1-2,5-6,9-10H2,(H,17,20)(H2,18,19,21). The Kier molecular flexibility index (Phi) is 4.08. The summed E-state index contributed by atoms with van der Waals surface area (Å²) < 4.78 is 0. The number of carbonyl (C=O) groups is 2. The Hall–Kier alpha value is -2.04. The van der Waals surface area contributed by atoms with Crippen LogP contribution < -0.4 is 16.0 Å². The Labute approximate surface area is 124 Å². The molecule has 2 aliphatic rings. The highest BCUT2D eigenvalue weighted by atomic mass is 16.2. The molecule has 1 saturated carbocycles. The van der Waals surface area contributed by atoms with Crippen LogP contribution in [0.3, 0.4) is 0 Å². The average Bonchev–Trinajstić information content (AvgIpc) is 3.00. The minimum atomic E-state index is -0.101. The Balaban J connectivity index is 1.57. The van der Waals surface area contributed by atoms with Crippen LogP contribution in [0.5, 0.6) is 0 Å². The first-order chi connectivity index (χ1) is 10.2. The van der Waals surface area contributed by atoms with Gasteiger partial charge in [-0.05, 0) is 24.5 Å². The average molecular weight is 287 g/mol. The number of nitrogens with one attached hydrogen (secondary N) is 3. The number of urea groups is 1. The van der Waals surface area contributed by atoms with E-state index in [1.807, 2.05) is 24.3 Å². The van der Waals surface area contributed by atoms with Crippen LogP contribution >= 0.6 is 0 Å². The van der Waals surface area contributed by atoms with E-state index in [9.17, 15) is 9.59 Å². The molecule has 0 saturated heterocycles. The largest absolute Gasteiger partial charge is 0.351 e. The van der Waals surface area contributed by atoms with Crippen molar-refractivity contribution >= 4 is 11.9 Å². The first-order valence-corrected chi connectivity index (χ1v) is 7.65. The Morgan fingerprint density at radius 1 is 1.24 bits per heavy atom. The van der Waals surface area contributed by atoms with Gasteiger partial charge in [-0.25, -0.2) is 4.79 Å². The van der Waals surface area contributed by atoms with Gasteiger partial charge in [-0.15, -0.1) is 0 Å². The summed E-state index contributed by atoms with van der Waals surface area (Å²) in [5.74, 6) is 0.102. The van der Waals surface area contributed by atoms with Crippen molar-refractivity contribution in [2.75, 3.05) is 13.1 Å². The number of amides is 3. The molecule has 3 rings (SSSR count). The van der Waals surface area contributed by atoms with Gasteiger partial charge in [-0.1, -0.05) is 31.0 Å². The Bertz CT molecular complexity index is 538. The predicted molar refractivity (Wildman–Crippen MR) is 80.3 cm³/mol. The highest BCUT2D eigenvalue weighted by Gasteiger charge is 2.25. The van der Waals surface area contributed by atoms with E-state index in [4.69, 9.17) is 0 Å². The smallest absolute Gasteiger partial charge is 0.315 e. The molecule has 3 amide bonds. The maximum Gasteiger partial charge on any atom is 0.315 e. The maximum absolute atomic E-state index is 11.9. The summed E-state index contributed by atoms with van der Waals surface area (Å²) in [5, 5.41) is 8.82. The second kappa shape index (κ2) is 6.16. The summed E-state index contributed by atoms with van der Waals surface area (Å²) in [7, 11) is 0. The molecule has 0 spiro atoms. The van der Waals surface area contributed by atoms with E-state index in [1.165, 1.54) is 12.8 Å². The molecule has 1 aliphatic carbocycles. The summed E-state index contributed by atoms with van der Waals surface area (Å²) in [6.07, 6.45) is 4.56. The number of rotatable bonds is 3. The second-order valence-corrected chi connectivity index (χ2v) is 5.83. The Morgan fingerprint density at radius 3 is 2.81 bits per heavy atom. The highest BCUT2D eigenvalue weighted by molar-refractivity contribution is 5.97. The molecule has 1 aliphatic heterocycles. The number of hydrogen-bond donors (Lipinski definition) is 3. The minimum absolute atomic E-state index is 0.0303. The van der Waals surface area contributed by atoms with Crippen LogP contribution in [-0.2, 0) is 0 Å². The SMILES string of the molecule is O=C(NCC1CNC(=O)c2ccccc21)NC1CCCC1. The molecule has 0 aromatic heterocycles. The molecule has 1 atom stereocenters. The lowest BCUT2D eigenvalue weighted by atomic mass is 9.90. The van der Waals surface area contributed by atoms with Crippen LogP contribution in [0.25, 0.3) is 0 Å². The summed E-state index contributed by atoms with van der Waals surface area (Å²) in [4.78, 5) is 23.7. The van der Waals surface area contributed by atoms with Gasteiger partial charge in [-0.2, -0.15) is 0 Å². The van der Waals surface area contributed by atoms with Gasteiger partial charge in [0.25, 0.3) is 5.91 Å². The summed E-state index contributed by atoms with van der Waals surface area (Å²) >= 11 is 0. The monoisotopic (exact) mass is 287 g/mol. The Morgan fingerprint density at radius 2 is 2.00 bits per heavy atom. The number of benzene rings is 1. The van der Waals surface area contributed by atoms with Gasteiger partial charge in [0.15, 0.2) is 0 Å². The van der Waals surface area contributed by atoms with Crippen LogP contribution in [0.1, 0.15) is 47.5 Å². The second-order valence-electron chi connectivity index (χ2n) is 5.83. The zero-order chi connectivity index (χ0) is 14.7. The van der Waals surface area contributed by atoms with Gasteiger partial charge in [0.2, 0.25) is 0 Å². The molecule has 1 aromatic carbocycles. The van der Waals surface area contributed by atoms with Crippen LogP contribution in [0.4, 0.5) is 4.79 Å². The summed E-state index contributed by atoms with van der Waals surface area (Å²) in [6, 6.07) is 7.81. The lowest BCUT2D eigenvalue weighted by molar-refractivity contribution is 0.0940. The van der Waals surface area contributed by atoms with Crippen molar-refractivity contribution in [3.05, 3.63) is 35.4 Å². The topological polar surface area (TPSA) is 70.2 Å². The van der Waals surface area contributed by atoms with Gasteiger partial charge in [0.05, 0.1) is 0 Å². The molecule has 1 heterocycles. The highest BCUT2D eigenvalue weighted by Crippen LogP contribution is 2.23. The zero-order valence-corrected chi connectivity index (χ0v) is 12.0. The van der Waals surface area contributed by atoms with Crippen molar-refractivity contribution in [3.63, 3.8) is 0 Å². The van der Waals surface area contributed by atoms with Crippen molar-refractivity contribution in [2.24, 2.45) is 0 Å². The number of fused-ring (bicyclic) bond motifs is 1. The van der Waals surface area contributed by atoms with Crippen LogP contribution in [0.2, 0.25) is 0 Å². The van der Waals surface area contributed by atoms with E-state index in [0.717, 1.165) is 18.4 Å². The van der Waals surface area contributed by atoms with E-state index in [1.54, 1.807) is 0 Å². The van der Waals surface area contributed by atoms with E-state index in [-0.39, 0.29) is 17.9 Å². The summed E-state index contributed by atoms with van der Waals surface area (Å²) in [6.45, 7) is 1.11. The fraction of sp³-hybridized carbons (Fsp3) is 0.500. The molecule has 0 radical (unpaired) electrons. The van der Waals surface area contributed by atoms with Gasteiger partial charge >= 0.3 is 6.03 Å². The third-order valence-corrected chi connectivity index (χ3v) is 4.35. The van der Waals surface area contributed by atoms with Crippen molar-refractivity contribution in [1.82, 2.24) is 16.0 Å². The van der Waals surface area contributed by atoms with Crippen molar-refractivity contribution in [1.29, 1.82) is 0 Å². The quantitative estimate of drug-likeness (QED) is 0.792. The molecule has 3 N–H and O–H groups in total. The molecule has 1 aromatic rings. The van der Waals surface area contributed by atoms with Crippen molar-refractivity contribution < 1.29 is 9.59 Å². The molecule has 1 fully saturated rings. The number of carbonyl (C=O) groups excluding carboxylic acids is 2.